The van der Waals surface area contributed by atoms with Crippen LogP contribution in [0, 0.1) is 0 Å². The molecule has 2 heteroatoms. The van der Waals surface area contributed by atoms with Gasteiger partial charge in [0.15, 0.2) is 0 Å². The molecule has 1 aromatic carbocycles. The van der Waals surface area contributed by atoms with Crippen molar-refractivity contribution in [2.75, 3.05) is 6.61 Å². The number of aryl methyl sites for hydroxylation is 1. The fraction of sp³-hybridized carbons (Fsp3) is 0.600. The summed E-state index contributed by atoms with van der Waals surface area (Å²) in [5.74, 6) is 0. The summed E-state index contributed by atoms with van der Waals surface area (Å²) in [5, 5.41) is 1.41. The van der Waals surface area contributed by atoms with Crippen LogP contribution in [-0.4, -0.2) is 11.6 Å². The molecule has 0 spiro atoms. The van der Waals surface area contributed by atoms with E-state index in [9.17, 15) is 0 Å². The zero-order chi connectivity index (χ0) is 16.2. The molecule has 0 aliphatic carbocycles. The number of fused-ring (bicyclic) bond motifs is 3. The number of H-pyrrole nitrogens is 1. The third-order valence-corrected chi connectivity index (χ3v) is 4.74. The molecular weight excluding hydrogens is 270 g/mol. The fourth-order valence-electron chi connectivity index (χ4n) is 3.51. The quantitative estimate of drug-likeness (QED) is 0.769. The van der Waals surface area contributed by atoms with Crippen molar-refractivity contribution in [2.45, 2.75) is 72.3 Å². The van der Waals surface area contributed by atoms with Gasteiger partial charge in [0.25, 0.3) is 0 Å². The van der Waals surface area contributed by atoms with Gasteiger partial charge in [-0.05, 0) is 36.8 Å². The van der Waals surface area contributed by atoms with E-state index in [1.54, 1.807) is 0 Å². The maximum absolute atomic E-state index is 6.16. The van der Waals surface area contributed by atoms with Crippen molar-refractivity contribution >= 4 is 10.9 Å². The lowest BCUT2D eigenvalue weighted by Crippen LogP contribution is -2.34. The Hall–Kier alpha value is -1.28. The average Bonchev–Trinajstić information content (AvgIpc) is 2.94. The minimum atomic E-state index is -0.0996. The molecule has 2 heterocycles. The highest BCUT2D eigenvalue weighted by molar-refractivity contribution is 5.88. The predicted octanol–water partition coefficient (Wildman–Crippen LogP) is 5.73. The Morgan fingerprint density at radius 3 is 2.36 bits per heavy atom. The molecule has 122 valence electrons. The SMILES string of the molecule is CCC.CCc1cccc2c3c([nH]c12)C(CC)(CC)OCC3. The maximum atomic E-state index is 6.16. The van der Waals surface area contributed by atoms with E-state index < -0.39 is 0 Å². The maximum Gasteiger partial charge on any atom is 0.108 e. The van der Waals surface area contributed by atoms with Crippen molar-refractivity contribution < 1.29 is 4.74 Å². The van der Waals surface area contributed by atoms with Gasteiger partial charge in [-0.25, -0.2) is 0 Å². The van der Waals surface area contributed by atoms with Crippen molar-refractivity contribution in [2.24, 2.45) is 0 Å². The van der Waals surface area contributed by atoms with Crippen LogP contribution in [0.3, 0.4) is 0 Å². The molecule has 3 rings (SSSR count). The molecule has 0 fully saturated rings. The topological polar surface area (TPSA) is 25.0 Å². The lowest BCUT2D eigenvalue weighted by atomic mass is 9.87. The Labute approximate surface area is 135 Å². The molecular formula is C20H31NO. The highest BCUT2D eigenvalue weighted by Gasteiger charge is 2.37. The smallest absolute Gasteiger partial charge is 0.108 e. The number of rotatable bonds is 3. The molecule has 1 aliphatic rings. The summed E-state index contributed by atoms with van der Waals surface area (Å²) in [4.78, 5) is 3.70. The van der Waals surface area contributed by atoms with Gasteiger partial charge in [-0.2, -0.15) is 0 Å². The number of hydrogen-bond acceptors (Lipinski definition) is 1. The van der Waals surface area contributed by atoms with Crippen LogP contribution in [0.1, 0.15) is 70.7 Å². The van der Waals surface area contributed by atoms with E-state index in [0.29, 0.717) is 0 Å². The number of para-hydroxylation sites is 1. The second-order valence-electron chi connectivity index (χ2n) is 6.18. The van der Waals surface area contributed by atoms with Gasteiger partial charge in [-0.1, -0.05) is 59.2 Å². The molecule has 1 aliphatic heterocycles. The molecule has 0 bridgehead atoms. The van der Waals surface area contributed by atoms with Gasteiger partial charge in [0.1, 0.15) is 5.60 Å². The zero-order valence-corrected chi connectivity index (χ0v) is 14.9. The Balaban J connectivity index is 0.000000545. The first kappa shape index (κ1) is 17.1. The average molecular weight is 301 g/mol. The Bertz CT molecular complexity index is 607. The lowest BCUT2D eigenvalue weighted by Gasteiger charge is -2.36. The summed E-state index contributed by atoms with van der Waals surface area (Å²) >= 11 is 0. The van der Waals surface area contributed by atoms with Crippen LogP contribution in [0.2, 0.25) is 0 Å². The summed E-state index contributed by atoms with van der Waals surface area (Å²) in [7, 11) is 0. The number of nitrogens with one attached hydrogen (secondary N) is 1. The van der Waals surface area contributed by atoms with Crippen LogP contribution in [0.5, 0.6) is 0 Å². The minimum Gasteiger partial charge on any atom is -0.368 e. The van der Waals surface area contributed by atoms with Gasteiger partial charge >= 0.3 is 0 Å². The molecule has 0 unspecified atom stereocenters. The second-order valence-corrected chi connectivity index (χ2v) is 6.18. The summed E-state index contributed by atoms with van der Waals surface area (Å²) in [6, 6.07) is 6.67. The molecule has 0 saturated carbocycles. The fourth-order valence-corrected chi connectivity index (χ4v) is 3.51. The first-order chi connectivity index (χ1) is 10.7. The van der Waals surface area contributed by atoms with Gasteiger partial charge in [0, 0.05) is 10.9 Å². The van der Waals surface area contributed by atoms with Gasteiger partial charge < -0.3 is 9.72 Å². The number of aromatic nitrogens is 1. The zero-order valence-electron chi connectivity index (χ0n) is 14.9. The largest absolute Gasteiger partial charge is 0.368 e. The molecule has 2 nitrogen and oxygen atoms in total. The molecule has 0 amide bonds. The monoisotopic (exact) mass is 301 g/mol. The van der Waals surface area contributed by atoms with Crippen molar-refractivity contribution in [1.82, 2.24) is 4.98 Å². The Morgan fingerprint density at radius 2 is 1.77 bits per heavy atom. The summed E-state index contributed by atoms with van der Waals surface area (Å²) in [5.41, 5.74) is 5.46. The second kappa shape index (κ2) is 7.32. The minimum absolute atomic E-state index is 0.0996. The van der Waals surface area contributed by atoms with Crippen molar-refractivity contribution in [3.8, 4) is 0 Å². The first-order valence-electron chi connectivity index (χ1n) is 8.94. The van der Waals surface area contributed by atoms with Crippen LogP contribution in [0.25, 0.3) is 10.9 Å². The summed E-state index contributed by atoms with van der Waals surface area (Å²) in [6.45, 7) is 11.8. The normalized spacial score (nSPS) is 16.0. The van der Waals surface area contributed by atoms with Crippen LogP contribution < -0.4 is 0 Å². The number of aromatic amines is 1. The van der Waals surface area contributed by atoms with Crippen molar-refractivity contribution in [1.29, 1.82) is 0 Å². The van der Waals surface area contributed by atoms with Crippen LogP contribution >= 0.6 is 0 Å². The summed E-state index contributed by atoms with van der Waals surface area (Å²) in [6.07, 6.45) is 5.42. The van der Waals surface area contributed by atoms with Gasteiger partial charge in [0.05, 0.1) is 12.3 Å². The highest BCUT2D eigenvalue weighted by Crippen LogP contribution is 2.41. The van der Waals surface area contributed by atoms with E-state index in [4.69, 9.17) is 4.74 Å². The number of hydrogen-bond donors (Lipinski definition) is 1. The van der Waals surface area contributed by atoms with E-state index in [-0.39, 0.29) is 5.60 Å². The number of benzene rings is 1. The van der Waals surface area contributed by atoms with Gasteiger partial charge in [0.2, 0.25) is 0 Å². The highest BCUT2D eigenvalue weighted by atomic mass is 16.5. The van der Waals surface area contributed by atoms with Crippen LogP contribution in [0.15, 0.2) is 18.2 Å². The molecule has 22 heavy (non-hydrogen) atoms. The molecule has 1 aromatic heterocycles. The molecule has 0 radical (unpaired) electrons. The van der Waals surface area contributed by atoms with Gasteiger partial charge in [-0.3, -0.25) is 0 Å². The third-order valence-electron chi connectivity index (χ3n) is 4.74. The van der Waals surface area contributed by atoms with Crippen molar-refractivity contribution in [3.05, 3.63) is 35.0 Å². The Kier molecular flexibility index (Phi) is 5.69. The van der Waals surface area contributed by atoms with E-state index in [0.717, 1.165) is 32.3 Å². The van der Waals surface area contributed by atoms with Crippen LogP contribution in [0.4, 0.5) is 0 Å². The molecule has 0 saturated heterocycles. The molecule has 0 atom stereocenters. The van der Waals surface area contributed by atoms with E-state index in [1.165, 1.54) is 34.1 Å². The third kappa shape index (κ3) is 2.81. The molecule has 1 N–H and O–H groups in total. The molecule has 2 aromatic rings. The standard InChI is InChI=1S/C17H23NO.C3H8/c1-4-12-8-7-9-13-14-10-11-19-17(5-2,6-3)16(14)18-15(12)13;1-3-2/h7-9,18H,4-6,10-11H2,1-3H3;3H2,1-2H3. The first-order valence-corrected chi connectivity index (χ1v) is 8.94. The van der Waals surface area contributed by atoms with E-state index >= 15 is 0 Å². The van der Waals surface area contributed by atoms with Crippen LogP contribution in [-0.2, 0) is 23.2 Å². The van der Waals surface area contributed by atoms with E-state index in [1.807, 2.05) is 0 Å². The number of ether oxygens (including phenoxy) is 1. The van der Waals surface area contributed by atoms with Gasteiger partial charge in [-0.15, -0.1) is 0 Å². The predicted molar refractivity (Wildman–Crippen MR) is 95.6 cm³/mol. The summed E-state index contributed by atoms with van der Waals surface area (Å²) < 4.78 is 6.16. The lowest BCUT2D eigenvalue weighted by molar-refractivity contribution is -0.0686. The van der Waals surface area contributed by atoms with Crippen molar-refractivity contribution in [3.63, 3.8) is 0 Å². The Morgan fingerprint density at radius 1 is 1.09 bits per heavy atom. The van der Waals surface area contributed by atoms with E-state index in [2.05, 4.69) is 57.8 Å².